The number of carbonyl (C=O) groups is 4. The summed E-state index contributed by atoms with van der Waals surface area (Å²) in [5, 5.41) is 15.4. The third-order valence-corrected chi connectivity index (χ3v) is 6.15. The Morgan fingerprint density at radius 1 is 1.12 bits per heavy atom. The molecule has 0 spiro atoms. The number of benzene rings is 3. The van der Waals surface area contributed by atoms with Crippen molar-refractivity contribution in [3.8, 4) is 11.5 Å². The highest BCUT2D eigenvalue weighted by molar-refractivity contribution is 9.10. The Morgan fingerprint density at radius 3 is 2.49 bits per heavy atom. The number of urea groups is 1. The third kappa shape index (κ3) is 6.55. The van der Waals surface area contributed by atoms with Crippen LogP contribution in [0.15, 0.2) is 70.7 Å². The van der Waals surface area contributed by atoms with Gasteiger partial charge >= 0.3 is 6.03 Å². The fourth-order valence-electron chi connectivity index (χ4n) is 3.74. The van der Waals surface area contributed by atoms with E-state index in [1.54, 1.807) is 13.0 Å². The zero-order chi connectivity index (χ0) is 29.7. The van der Waals surface area contributed by atoms with E-state index in [-0.39, 0.29) is 35.2 Å². The minimum Gasteiger partial charge on any atom is -0.490 e. The molecule has 3 aromatic rings. The number of imide groups is 2. The van der Waals surface area contributed by atoms with Crippen LogP contribution in [0, 0.1) is 15.9 Å². The van der Waals surface area contributed by atoms with Crippen LogP contribution >= 0.6 is 15.9 Å². The number of ether oxygens (including phenoxy) is 2. The third-order valence-electron chi connectivity index (χ3n) is 5.56. The Hall–Kier alpha value is -5.11. The van der Waals surface area contributed by atoms with Gasteiger partial charge < -0.3 is 14.8 Å². The van der Waals surface area contributed by atoms with Gasteiger partial charge in [0, 0.05) is 12.1 Å². The number of amides is 5. The van der Waals surface area contributed by atoms with Crippen molar-refractivity contribution in [3.05, 3.63) is 92.2 Å². The van der Waals surface area contributed by atoms with Gasteiger partial charge in [-0.25, -0.2) is 14.1 Å². The molecule has 41 heavy (non-hydrogen) atoms. The first-order valence-electron chi connectivity index (χ1n) is 11.9. The molecule has 0 saturated carbocycles. The average Bonchev–Trinajstić information content (AvgIpc) is 2.92. The monoisotopic (exact) mass is 626 g/mol. The quantitative estimate of drug-likeness (QED) is 0.151. The minimum atomic E-state index is -1.01. The topological polar surface area (TPSA) is 157 Å². The van der Waals surface area contributed by atoms with Crippen LogP contribution in [0.3, 0.4) is 0 Å². The second-order valence-electron chi connectivity index (χ2n) is 8.31. The molecule has 4 rings (SSSR count). The molecule has 210 valence electrons. The number of halogens is 2. The highest BCUT2D eigenvalue weighted by Crippen LogP contribution is 2.38. The van der Waals surface area contributed by atoms with Gasteiger partial charge in [0.05, 0.1) is 27.4 Å². The largest absolute Gasteiger partial charge is 0.490 e. The summed E-state index contributed by atoms with van der Waals surface area (Å²) in [5.74, 6) is -2.83. The maximum Gasteiger partial charge on any atom is 0.335 e. The SMILES string of the molecule is CCOc1cc(/C=C2/C(=O)NC(=O)N(c3ccc([N+](=O)[O-])cc3)C2=O)cc(Br)c1OCC(=O)Nc1ccccc1F. The van der Waals surface area contributed by atoms with Gasteiger partial charge in [-0.2, -0.15) is 0 Å². The molecule has 0 aliphatic carbocycles. The average molecular weight is 627 g/mol. The number of hydrogen-bond donors (Lipinski definition) is 2. The summed E-state index contributed by atoms with van der Waals surface area (Å²) < 4.78 is 25.4. The zero-order valence-electron chi connectivity index (χ0n) is 21.2. The van der Waals surface area contributed by atoms with E-state index >= 15 is 0 Å². The molecule has 1 fully saturated rings. The molecular formula is C27H20BrFN4O8. The van der Waals surface area contributed by atoms with E-state index in [2.05, 4.69) is 26.6 Å². The molecule has 1 aliphatic rings. The van der Waals surface area contributed by atoms with Gasteiger partial charge in [0.1, 0.15) is 11.4 Å². The van der Waals surface area contributed by atoms with Crippen LogP contribution in [0.1, 0.15) is 12.5 Å². The number of nitro groups is 1. The highest BCUT2D eigenvalue weighted by Gasteiger charge is 2.37. The van der Waals surface area contributed by atoms with Crippen molar-refractivity contribution < 1.29 is 38.0 Å². The first-order chi connectivity index (χ1) is 19.6. The molecule has 2 N–H and O–H groups in total. The summed E-state index contributed by atoms with van der Waals surface area (Å²) >= 11 is 3.34. The molecule has 1 aliphatic heterocycles. The lowest BCUT2D eigenvalue weighted by Gasteiger charge is -2.26. The van der Waals surface area contributed by atoms with Gasteiger partial charge in [-0.3, -0.25) is 29.8 Å². The van der Waals surface area contributed by atoms with Gasteiger partial charge in [-0.05, 0) is 70.9 Å². The summed E-state index contributed by atoms with van der Waals surface area (Å²) in [4.78, 5) is 61.5. The molecule has 1 heterocycles. The van der Waals surface area contributed by atoms with Crippen LogP contribution in [0.2, 0.25) is 0 Å². The predicted molar refractivity (Wildman–Crippen MR) is 148 cm³/mol. The van der Waals surface area contributed by atoms with Crippen molar-refractivity contribution in [1.29, 1.82) is 0 Å². The van der Waals surface area contributed by atoms with Crippen molar-refractivity contribution in [3.63, 3.8) is 0 Å². The molecule has 5 amide bonds. The fourth-order valence-corrected chi connectivity index (χ4v) is 4.32. The van der Waals surface area contributed by atoms with E-state index in [1.807, 2.05) is 0 Å². The van der Waals surface area contributed by atoms with Crippen LogP contribution in [-0.2, 0) is 14.4 Å². The Balaban J connectivity index is 1.58. The lowest BCUT2D eigenvalue weighted by Crippen LogP contribution is -2.54. The Kier molecular flexibility index (Phi) is 8.72. The normalized spacial score (nSPS) is 14.1. The van der Waals surface area contributed by atoms with E-state index < -0.39 is 46.7 Å². The summed E-state index contributed by atoms with van der Waals surface area (Å²) in [6.45, 7) is 1.42. The van der Waals surface area contributed by atoms with Crippen LogP contribution in [0.5, 0.6) is 11.5 Å². The number of non-ortho nitro benzene ring substituents is 1. The van der Waals surface area contributed by atoms with Gasteiger partial charge in [0.15, 0.2) is 18.1 Å². The number of nitrogens with zero attached hydrogens (tertiary/aromatic N) is 2. The Bertz CT molecular complexity index is 1590. The van der Waals surface area contributed by atoms with E-state index in [0.717, 1.165) is 12.1 Å². The number of para-hydroxylation sites is 1. The molecule has 0 atom stereocenters. The number of anilines is 2. The first kappa shape index (κ1) is 28.9. The molecule has 14 heteroatoms. The number of nitro benzene ring substituents is 1. The van der Waals surface area contributed by atoms with Crippen molar-refractivity contribution >= 4 is 62.8 Å². The lowest BCUT2D eigenvalue weighted by atomic mass is 10.1. The number of barbiturate groups is 1. The van der Waals surface area contributed by atoms with E-state index in [9.17, 15) is 33.7 Å². The predicted octanol–water partition coefficient (Wildman–Crippen LogP) is 4.58. The van der Waals surface area contributed by atoms with E-state index in [0.29, 0.717) is 14.9 Å². The number of carbonyl (C=O) groups excluding carboxylic acids is 4. The standard InChI is InChI=1S/C27H20BrFN4O8/c1-2-40-22-13-15(12-19(28)24(22)41-14-23(34)30-21-6-4-3-5-20(21)29)11-18-25(35)31-27(37)32(26(18)36)16-7-9-17(10-8-16)33(38)39/h3-13H,2,14H2,1H3,(H,30,34)(H,31,35,37)/b18-11-. The number of hydrogen-bond acceptors (Lipinski definition) is 8. The van der Waals surface area contributed by atoms with Gasteiger partial charge in [-0.15, -0.1) is 0 Å². The maximum absolute atomic E-state index is 13.8. The van der Waals surface area contributed by atoms with Crippen LogP contribution in [0.25, 0.3) is 6.08 Å². The second-order valence-corrected chi connectivity index (χ2v) is 9.17. The molecule has 1 saturated heterocycles. The fraction of sp³-hybridized carbons (Fsp3) is 0.111. The summed E-state index contributed by atoms with van der Waals surface area (Å²) in [7, 11) is 0. The van der Waals surface area contributed by atoms with Crippen LogP contribution < -0.4 is 25.0 Å². The van der Waals surface area contributed by atoms with Gasteiger partial charge in [0.25, 0.3) is 23.4 Å². The van der Waals surface area contributed by atoms with Crippen LogP contribution in [0.4, 0.5) is 26.2 Å². The molecule has 0 aromatic heterocycles. The summed E-state index contributed by atoms with van der Waals surface area (Å²) in [6.07, 6.45) is 1.23. The maximum atomic E-state index is 13.8. The zero-order valence-corrected chi connectivity index (χ0v) is 22.8. The molecule has 0 unspecified atom stereocenters. The number of rotatable bonds is 9. The summed E-state index contributed by atoms with van der Waals surface area (Å²) in [5.41, 5.74) is -0.324. The smallest absolute Gasteiger partial charge is 0.335 e. The van der Waals surface area contributed by atoms with Crippen molar-refractivity contribution in [1.82, 2.24) is 5.32 Å². The molecule has 0 radical (unpaired) electrons. The highest BCUT2D eigenvalue weighted by atomic mass is 79.9. The van der Waals surface area contributed by atoms with Crippen molar-refractivity contribution in [2.45, 2.75) is 6.92 Å². The second kappa shape index (κ2) is 12.4. The van der Waals surface area contributed by atoms with E-state index in [4.69, 9.17) is 9.47 Å². The molecule has 0 bridgehead atoms. The van der Waals surface area contributed by atoms with Crippen LogP contribution in [-0.4, -0.2) is 41.9 Å². The number of nitrogens with one attached hydrogen (secondary N) is 2. The van der Waals surface area contributed by atoms with Gasteiger partial charge in [-0.1, -0.05) is 12.1 Å². The van der Waals surface area contributed by atoms with E-state index in [1.165, 1.54) is 48.5 Å². The first-order valence-corrected chi connectivity index (χ1v) is 12.7. The van der Waals surface area contributed by atoms with Crippen molar-refractivity contribution in [2.24, 2.45) is 0 Å². The van der Waals surface area contributed by atoms with Crippen molar-refractivity contribution in [2.75, 3.05) is 23.4 Å². The molecule has 12 nitrogen and oxygen atoms in total. The summed E-state index contributed by atoms with van der Waals surface area (Å²) in [6, 6.07) is 12.2. The molecule has 3 aromatic carbocycles. The Morgan fingerprint density at radius 2 is 1.83 bits per heavy atom. The Labute approximate surface area is 240 Å². The molecular weight excluding hydrogens is 607 g/mol. The lowest BCUT2D eigenvalue weighted by molar-refractivity contribution is -0.384. The van der Waals surface area contributed by atoms with Gasteiger partial charge in [0.2, 0.25) is 0 Å². The minimum absolute atomic E-state index is 0.0103.